The summed E-state index contributed by atoms with van der Waals surface area (Å²) >= 11 is 0. The molecule has 0 amide bonds. The molecule has 0 radical (unpaired) electrons. The zero-order chi connectivity index (χ0) is 16.9. The molecule has 3 heterocycles. The van der Waals surface area contributed by atoms with Gasteiger partial charge < -0.3 is 15.0 Å². The number of hydrogen-bond donors (Lipinski definition) is 1. The zero-order valence-electron chi connectivity index (χ0n) is 15.6. The Balaban J connectivity index is 0.00000168. The van der Waals surface area contributed by atoms with Crippen LogP contribution in [0.4, 0.5) is 0 Å². The van der Waals surface area contributed by atoms with Crippen molar-refractivity contribution in [1.82, 2.24) is 10.2 Å². The molecule has 4 atom stereocenters. The smallest absolute Gasteiger partial charge is 0.193 e. The highest BCUT2D eigenvalue weighted by Gasteiger charge is 2.53. The summed E-state index contributed by atoms with van der Waals surface area (Å²) in [6.45, 7) is 3.23. The summed E-state index contributed by atoms with van der Waals surface area (Å²) < 4.78 is 6.11. The average molecular weight is 467 g/mol. The molecule has 4 nitrogen and oxygen atoms in total. The predicted octanol–water partition coefficient (Wildman–Crippen LogP) is 3.41. The molecule has 4 unspecified atom stereocenters. The number of ether oxygens (including phenoxy) is 1. The van der Waals surface area contributed by atoms with Crippen molar-refractivity contribution in [2.45, 2.75) is 49.7 Å². The van der Waals surface area contributed by atoms with Crippen LogP contribution in [0.25, 0.3) is 0 Å². The van der Waals surface area contributed by atoms with Crippen molar-refractivity contribution in [2.75, 3.05) is 26.7 Å². The minimum atomic E-state index is 0. The molecule has 5 rings (SSSR count). The van der Waals surface area contributed by atoms with Gasteiger partial charge in [-0.2, -0.15) is 0 Å². The van der Waals surface area contributed by atoms with E-state index in [9.17, 15) is 0 Å². The zero-order valence-corrected chi connectivity index (χ0v) is 17.9. The molecule has 0 aromatic heterocycles. The summed E-state index contributed by atoms with van der Waals surface area (Å²) in [7, 11) is 1.93. The first-order valence-electron chi connectivity index (χ1n) is 9.96. The summed E-state index contributed by atoms with van der Waals surface area (Å²) in [4.78, 5) is 7.10. The molecule has 2 bridgehead atoms. The van der Waals surface area contributed by atoms with Gasteiger partial charge in [0, 0.05) is 43.9 Å². The summed E-state index contributed by atoms with van der Waals surface area (Å²) in [6.07, 6.45) is 7.46. The van der Waals surface area contributed by atoms with Gasteiger partial charge in [-0.05, 0) is 31.2 Å². The van der Waals surface area contributed by atoms with Crippen molar-refractivity contribution in [2.24, 2.45) is 16.8 Å². The molecule has 1 saturated carbocycles. The normalized spacial score (nSPS) is 34.2. The van der Waals surface area contributed by atoms with Gasteiger partial charge in [0.05, 0.1) is 12.2 Å². The molecule has 142 valence electrons. The molecule has 1 aliphatic carbocycles. The van der Waals surface area contributed by atoms with Crippen LogP contribution in [0.1, 0.15) is 37.7 Å². The van der Waals surface area contributed by atoms with Crippen LogP contribution in [0, 0.1) is 11.8 Å². The molecule has 1 N–H and O–H groups in total. The number of fused-ring (bicyclic) bond motifs is 5. The first-order chi connectivity index (χ1) is 12.3. The number of benzene rings is 1. The van der Waals surface area contributed by atoms with E-state index in [4.69, 9.17) is 4.74 Å². The van der Waals surface area contributed by atoms with Crippen LogP contribution in [0.5, 0.6) is 0 Å². The quantitative estimate of drug-likeness (QED) is 0.421. The van der Waals surface area contributed by atoms with Gasteiger partial charge in [-0.15, -0.1) is 24.0 Å². The van der Waals surface area contributed by atoms with Gasteiger partial charge in [0.15, 0.2) is 5.96 Å². The highest BCUT2D eigenvalue weighted by atomic mass is 127. The Morgan fingerprint density at radius 1 is 1.15 bits per heavy atom. The van der Waals surface area contributed by atoms with E-state index in [-0.39, 0.29) is 24.0 Å². The van der Waals surface area contributed by atoms with Gasteiger partial charge in [0.25, 0.3) is 0 Å². The van der Waals surface area contributed by atoms with Gasteiger partial charge >= 0.3 is 0 Å². The molecule has 26 heavy (non-hydrogen) atoms. The fraction of sp³-hybridized carbons (Fsp3) is 0.667. The lowest BCUT2D eigenvalue weighted by atomic mass is 9.64. The maximum Gasteiger partial charge on any atom is 0.193 e. The SMILES string of the molecule is CN=C(NCC1(c2ccccc2)CCC1)N1CC2C3CCC(O3)C2C1.I. The van der Waals surface area contributed by atoms with Crippen LogP contribution in [-0.2, 0) is 10.2 Å². The number of nitrogens with one attached hydrogen (secondary N) is 1. The molecular weight excluding hydrogens is 437 g/mol. The Morgan fingerprint density at radius 3 is 2.35 bits per heavy atom. The fourth-order valence-corrected chi connectivity index (χ4v) is 5.68. The number of guanidine groups is 1. The maximum absolute atomic E-state index is 6.11. The van der Waals surface area contributed by atoms with Crippen LogP contribution >= 0.6 is 24.0 Å². The molecule has 1 aromatic carbocycles. The van der Waals surface area contributed by atoms with Gasteiger partial charge in [-0.3, -0.25) is 4.99 Å². The fourth-order valence-electron chi connectivity index (χ4n) is 5.68. The van der Waals surface area contributed by atoms with E-state index in [2.05, 4.69) is 45.5 Å². The molecule has 1 aromatic rings. The number of likely N-dealkylation sites (tertiary alicyclic amines) is 1. The van der Waals surface area contributed by atoms with Gasteiger partial charge in [0.2, 0.25) is 0 Å². The van der Waals surface area contributed by atoms with Crippen LogP contribution in [-0.4, -0.2) is 49.7 Å². The second kappa shape index (κ2) is 7.30. The Kier molecular flexibility index (Phi) is 5.21. The van der Waals surface area contributed by atoms with E-state index in [1.807, 2.05) is 7.05 Å². The highest BCUT2D eigenvalue weighted by molar-refractivity contribution is 14.0. The van der Waals surface area contributed by atoms with E-state index in [1.54, 1.807) is 0 Å². The van der Waals surface area contributed by atoms with E-state index in [0.29, 0.717) is 17.6 Å². The lowest BCUT2D eigenvalue weighted by Gasteiger charge is -2.43. The van der Waals surface area contributed by atoms with Crippen LogP contribution in [0.15, 0.2) is 35.3 Å². The first-order valence-corrected chi connectivity index (χ1v) is 9.96. The van der Waals surface area contributed by atoms with Crippen molar-refractivity contribution in [3.8, 4) is 0 Å². The van der Waals surface area contributed by atoms with Crippen LogP contribution < -0.4 is 5.32 Å². The van der Waals surface area contributed by atoms with Crippen molar-refractivity contribution >= 4 is 29.9 Å². The van der Waals surface area contributed by atoms with Gasteiger partial charge in [0.1, 0.15) is 0 Å². The maximum atomic E-state index is 6.11. The van der Waals surface area contributed by atoms with Crippen molar-refractivity contribution in [3.63, 3.8) is 0 Å². The Labute approximate surface area is 173 Å². The number of halogens is 1. The van der Waals surface area contributed by atoms with Crippen LogP contribution in [0.2, 0.25) is 0 Å². The third-order valence-corrected chi connectivity index (χ3v) is 7.25. The van der Waals surface area contributed by atoms with E-state index in [1.165, 1.54) is 37.7 Å². The molecular formula is C21H30IN3O. The van der Waals surface area contributed by atoms with Crippen molar-refractivity contribution in [1.29, 1.82) is 0 Å². The summed E-state index contributed by atoms with van der Waals surface area (Å²) in [5.74, 6) is 2.55. The summed E-state index contributed by atoms with van der Waals surface area (Å²) in [5, 5.41) is 3.73. The summed E-state index contributed by atoms with van der Waals surface area (Å²) in [6, 6.07) is 11.0. The first kappa shape index (κ1) is 18.5. The van der Waals surface area contributed by atoms with E-state index >= 15 is 0 Å². The monoisotopic (exact) mass is 467 g/mol. The lowest BCUT2D eigenvalue weighted by molar-refractivity contribution is 0.0766. The highest BCUT2D eigenvalue weighted by Crippen LogP contribution is 2.47. The van der Waals surface area contributed by atoms with E-state index in [0.717, 1.165) is 37.4 Å². The number of rotatable bonds is 3. The van der Waals surface area contributed by atoms with Crippen molar-refractivity contribution in [3.05, 3.63) is 35.9 Å². The van der Waals surface area contributed by atoms with Crippen LogP contribution in [0.3, 0.4) is 0 Å². The minimum absolute atomic E-state index is 0. The Hall–Kier alpha value is -0.820. The molecule has 5 heteroatoms. The minimum Gasteiger partial charge on any atom is -0.374 e. The average Bonchev–Trinajstić information content (AvgIpc) is 3.31. The molecule has 3 aliphatic heterocycles. The van der Waals surface area contributed by atoms with Gasteiger partial charge in [-0.1, -0.05) is 36.8 Å². The van der Waals surface area contributed by atoms with Crippen molar-refractivity contribution < 1.29 is 4.74 Å². The Bertz CT molecular complexity index is 642. The number of hydrogen-bond acceptors (Lipinski definition) is 2. The molecule has 0 spiro atoms. The van der Waals surface area contributed by atoms with E-state index < -0.39 is 0 Å². The number of aliphatic imine (C=N–C) groups is 1. The summed E-state index contributed by atoms with van der Waals surface area (Å²) in [5.41, 5.74) is 1.78. The third-order valence-electron chi connectivity index (χ3n) is 7.25. The second-order valence-electron chi connectivity index (χ2n) is 8.42. The lowest BCUT2D eigenvalue weighted by Crippen LogP contribution is -2.50. The Morgan fingerprint density at radius 2 is 1.81 bits per heavy atom. The van der Waals surface area contributed by atoms with Gasteiger partial charge in [-0.25, -0.2) is 0 Å². The largest absolute Gasteiger partial charge is 0.374 e. The standard InChI is InChI=1S/C21H29N3O.HI/c1-22-20(24-12-16-17(13-24)19-9-8-18(16)25-19)23-14-21(10-5-11-21)15-6-3-2-4-7-15;/h2-4,6-7,16-19H,5,8-14H2,1H3,(H,22,23);1H. The number of nitrogens with zero attached hydrogens (tertiary/aromatic N) is 2. The molecule has 4 fully saturated rings. The molecule has 3 saturated heterocycles. The predicted molar refractivity (Wildman–Crippen MR) is 115 cm³/mol. The topological polar surface area (TPSA) is 36.9 Å². The molecule has 4 aliphatic rings. The third kappa shape index (κ3) is 2.95. The second-order valence-corrected chi connectivity index (χ2v) is 8.42.